The van der Waals surface area contributed by atoms with Crippen LogP contribution in [0.4, 0.5) is 4.39 Å². The van der Waals surface area contributed by atoms with Crippen molar-refractivity contribution >= 4 is 12.0 Å². The summed E-state index contributed by atoms with van der Waals surface area (Å²) in [5.74, 6) is 0.478. The van der Waals surface area contributed by atoms with E-state index in [1.54, 1.807) is 17.0 Å². The van der Waals surface area contributed by atoms with Crippen molar-refractivity contribution in [2.24, 2.45) is 0 Å². The molecule has 5 heteroatoms. The third kappa shape index (κ3) is 3.28. The Hall–Kier alpha value is -2.66. The van der Waals surface area contributed by atoms with E-state index in [0.717, 1.165) is 16.9 Å². The van der Waals surface area contributed by atoms with Crippen LogP contribution in [0.3, 0.4) is 0 Å². The number of amides is 1. The van der Waals surface area contributed by atoms with Gasteiger partial charge in [-0.25, -0.2) is 4.39 Å². The van der Waals surface area contributed by atoms with Crippen LogP contribution in [-0.4, -0.2) is 37.1 Å². The van der Waals surface area contributed by atoms with E-state index < -0.39 is 0 Å². The number of benzene rings is 2. The third-order valence-corrected chi connectivity index (χ3v) is 4.50. The molecule has 0 bridgehead atoms. The Bertz CT molecular complexity index is 816. The molecule has 2 heterocycles. The number of ether oxygens (including phenoxy) is 2. The molecule has 1 saturated heterocycles. The van der Waals surface area contributed by atoms with E-state index in [9.17, 15) is 9.18 Å². The second-order valence-corrected chi connectivity index (χ2v) is 6.16. The average molecular weight is 339 g/mol. The lowest BCUT2D eigenvalue weighted by Crippen LogP contribution is -2.43. The lowest BCUT2D eigenvalue weighted by Gasteiger charge is -2.34. The van der Waals surface area contributed by atoms with E-state index in [4.69, 9.17) is 9.47 Å². The van der Waals surface area contributed by atoms with E-state index in [2.05, 4.69) is 0 Å². The van der Waals surface area contributed by atoms with Crippen molar-refractivity contribution in [2.75, 3.05) is 26.3 Å². The summed E-state index contributed by atoms with van der Waals surface area (Å²) in [6.07, 6.45) is 1.65. The van der Waals surface area contributed by atoms with Crippen LogP contribution in [0.1, 0.15) is 17.2 Å². The van der Waals surface area contributed by atoms with Gasteiger partial charge in [-0.15, -0.1) is 0 Å². The molecule has 0 spiro atoms. The minimum atomic E-state index is -0.282. The van der Waals surface area contributed by atoms with Gasteiger partial charge in [-0.05, 0) is 29.8 Å². The highest BCUT2D eigenvalue weighted by Gasteiger charge is 2.28. The largest absolute Gasteiger partial charge is 0.488 e. The van der Waals surface area contributed by atoms with Gasteiger partial charge in [-0.3, -0.25) is 4.79 Å². The summed E-state index contributed by atoms with van der Waals surface area (Å²) in [5.41, 5.74) is 2.43. The van der Waals surface area contributed by atoms with Gasteiger partial charge in [0.25, 0.3) is 5.91 Å². The number of rotatable bonds is 2. The molecule has 1 amide bonds. The summed E-state index contributed by atoms with van der Waals surface area (Å²) < 4.78 is 24.5. The van der Waals surface area contributed by atoms with Crippen molar-refractivity contribution in [3.05, 3.63) is 71.0 Å². The molecule has 128 valence electrons. The number of hydrogen-bond donors (Lipinski definition) is 0. The lowest BCUT2D eigenvalue weighted by atomic mass is 10.0. The van der Waals surface area contributed by atoms with Gasteiger partial charge >= 0.3 is 0 Å². The first-order valence-corrected chi connectivity index (χ1v) is 8.29. The van der Waals surface area contributed by atoms with Crippen LogP contribution in [0.2, 0.25) is 0 Å². The van der Waals surface area contributed by atoms with Crippen molar-refractivity contribution in [1.82, 2.24) is 4.90 Å². The molecule has 1 unspecified atom stereocenters. The van der Waals surface area contributed by atoms with Crippen molar-refractivity contribution in [3.8, 4) is 5.75 Å². The minimum Gasteiger partial charge on any atom is -0.488 e. The number of para-hydroxylation sites is 1. The lowest BCUT2D eigenvalue weighted by molar-refractivity contribution is -0.135. The van der Waals surface area contributed by atoms with E-state index in [1.807, 2.05) is 30.3 Å². The maximum absolute atomic E-state index is 13.1. The van der Waals surface area contributed by atoms with Crippen LogP contribution in [0.15, 0.2) is 54.1 Å². The molecule has 2 aliphatic heterocycles. The molecule has 0 N–H and O–H groups in total. The first-order valence-electron chi connectivity index (χ1n) is 8.29. The van der Waals surface area contributed by atoms with Crippen molar-refractivity contribution in [3.63, 3.8) is 0 Å². The third-order valence-electron chi connectivity index (χ3n) is 4.50. The van der Waals surface area contributed by atoms with Gasteiger partial charge in [0.1, 0.15) is 24.3 Å². The summed E-state index contributed by atoms with van der Waals surface area (Å²) in [6.45, 7) is 1.71. The van der Waals surface area contributed by atoms with Gasteiger partial charge in [0.15, 0.2) is 0 Å². The molecule has 25 heavy (non-hydrogen) atoms. The number of halogens is 1. The monoisotopic (exact) mass is 339 g/mol. The fourth-order valence-corrected chi connectivity index (χ4v) is 3.16. The molecule has 2 aliphatic rings. The fourth-order valence-electron chi connectivity index (χ4n) is 3.16. The molecule has 4 rings (SSSR count). The molecular weight excluding hydrogens is 321 g/mol. The molecule has 2 aromatic rings. The molecule has 2 aromatic carbocycles. The van der Waals surface area contributed by atoms with Crippen LogP contribution in [0.5, 0.6) is 5.75 Å². The quantitative estimate of drug-likeness (QED) is 0.843. The van der Waals surface area contributed by atoms with Crippen LogP contribution < -0.4 is 4.74 Å². The van der Waals surface area contributed by atoms with Crippen molar-refractivity contribution in [2.45, 2.75) is 6.10 Å². The van der Waals surface area contributed by atoms with Crippen LogP contribution >= 0.6 is 0 Å². The Balaban J connectivity index is 1.51. The van der Waals surface area contributed by atoms with E-state index in [1.165, 1.54) is 12.1 Å². The Morgan fingerprint density at radius 3 is 2.76 bits per heavy atom. The van der Waals surface area contributed by atoms with Gasteiger partial charge in [-0.1, -0.05) is 30.3 Å². The first-order chi connectivity index (χ1) is 12.2. The summed E-state index contributed by atoms with van der Waals surface area (Å²) >= 11 is 0. The smallest absolute Gasteiger partial charge is 0.253 e. The molecule has 1 atom stereocenters. The predicted octanol–water partition coefficient (Wildman–Crippen LogP) is 3.20. The normalized spacial score (nSPS) is 19.6. The second kappa shape index (κ2) is 6.69. The van der Waals surface area contributed by atoms with Gasteiger partial charge < -0.3 is 14.4 Å². The Labute approximate surface area is 145 Å². The highest BCUT2D eigenvalue weighted by atomic mass is 19.1. The van der Waals surface area contributed by atoms with Crippen molar-refractivity contribution < 1.29 is 18.7 Å². The number of hydrogen-bond acceptors (Lipinski definition) is 3. The van der Waals surface area contributed by atoms with Crippen LogP contribution in [0, 0.1) is 5.82 Å². The first kappa shape index (κ1) is 15.8. The zero-order valence-corrected chi connectivity index (χ0v) is 13.7. The number of morpholine rings is 1. The minimum absolute atomic E-state index is 0.0371. The van der Waals surface area contributed by atoms with Gasteiger partial charge in [0, 0.05) is 12.1 Å². The van der Waals surface area contributed by atoms with Gasteiger partial charge in [0.05, 0.1) is 18.7 Å². The highest BCUT2D eigenvalue weighted by Crippen LogP contribution is 2.28. The van der Waals surface area contributed by atoms with Crippen LogP contribution in [0.25, 0.3) is 6.08 Å². The molecule has 0 aliphatic carbocycles. The van der Waals surface area contributed by atoms with Crippen LogP contribution in [-0.2, 0) is 9.53 Å². The van der Waals surface area contributed by atoms with Gasteiger partial charge in [-0.2, -0.15) is 0 Å². The maximum atomic E-state index is 13.1. The fraction of sp³-hybridized carbons (Fsp3) is 0.250. The summed E-state index contributed by atoms with van der Waals surface area (Å²) in [4.78, 5) is 14.6. The molecule has 1 fully saturated rings. The highest BCUT2D eigenvalue weighted by molar-refractivity contribution is 5.99. The Kier molecular flexibility index (Phi) is 4.24. The maximum Gasteiger partial charge on any atom is 0.253 e. The Morgan fingerprint density at radius 2 is 1.92 bits per heavy atom. The topological polar surface area (TPSA) is 38.8 Å². The average Bonchev–Trinajstić information content (AvgIpc) is 2.68. The van der Waals surface area contributed by atoms with E-state index in [-0.39, 0.29) is 24.4 Å². The Morgan fingerprint density at radius 1 is 1.12 bits per heavy atom. The molecule has 0 radical (unpaired) electrons. The predicted molar refractivity (Wildman–Crippen MR) is 91.6 cm³/mol. The zero-order chi connectivity index (χ0) is 17.2. The molecule has 0 aromatic heterocycles. The number of fused-ring (bicyclic) bond motifs is 1. The number of carbonyl (C=O) groups excluding carboxylic acids is 1. The van der Waals surface area contributed by atoms with E-state index in [0.29, 0.717) is 25.3 Å². The molecule has 0 saturated carbocycles. The second-order valence-electron chi connectivity index (χ2n) is 6.16. The van der Waals surface area contributed by atoms with E-state index >= 15 is 0 Å². The summed E-state index contributed by atoms with van der Waals surface area (Å²) in [5, 5.41) is 0. The SMILES string of the molecule is O=C(C1=Cc2ccccc2OC1)N1CCOC(c2ccc(F)cc2)C1. The van der Waals surface area contributed by atoms with Crippen molar-refractivity contribution in [1.29, 1.82) is 0 Å². The summed E-state index contributed by atoms with van der Waals surface area (Å²) in [6, 6.07) is 13.9. The molecular formula is C20H18FNO3. The number of carbonyl (C=O) groups is 1. The number of nitrogens with zero attached hydrogens (tertiary/aromatic N) is 1. The van der Waals surface area contributed by atoms with Gasteiger partial charge in [0.2, 0.25) is 0 Å². The summed E-state index contributed by atoms with van der Waals surface area (Å²) in [7, 11) is 0. The molecule has 4 nitrogen and oxygen atoms in total. The zero-order valence-electron chi connectivity index (χ0n) is 13.7. The standard InChI is InChI=1S/C20H18FNO3/c21-17-7-5-14(6-8-17)19-12-22(9-10-24-19)20(23)16-11-15-3-1-2-4-18(15)25-13-16/h1-8,11,19H,9-10,12-13H2.